The molecule has 102 valence electrons. The monoisotopic (exact) mass is 269 g/mol. The summed E-state index contributed by atoms with van der Waals surface area (Å²) in [4.78, 5) is 0. The van der Waals surface area contributed by atoms with Crippen LogP contribution in [0.5, 0.6) is 11.5 Å². The summed E-state index contributed by atoms with van der Waals surface area (Å²) in [7, 11) is 1.63. The molecular formula is C16H15NO3. The molecule has 0 saturated heterocycles. The molecule has 0 atom stereocenters. The molecule has 0 bridgehead atoms. The van der Waals surface area contributed by atoms with E-state index in [1.807, 2.05) is 24.3 Å². The Bertz CT molecular complexity index is 632. The zero-order chi connectivity index (χ0) is 14.4. The van der Waals surface area contributed by atoms with Gasteiger partial charge in [-0.25, -0.2) is 0 Å². The number of nitriles is 1. The minimum Gasteiger partial charge on any atom is -0.456 e. The second-order valence-electron chi connectivity index (χ2n) is 4.28. The summed E-state index contributed by atoms with van der Waals surface area (Å²) in [5, 5.41) is 18.2. The zero-order valence-electron chi connectivity index (χ0n) is 11.2. The van der Waals surface area contributed by atoms with Crippen LogP contribution in [0, 0.1) is 11.3 Å². The van der Waals surface area contributed by atoms with Gasteiger partial charge in [-0.3, -0.25) is 0 Å². The van der Waals surface area contributed by atoms with Crippen molar-refractivity contribution in [1.82, 2.24) is 0 Å². The summed E-state index contributed by atoms with van der Waals surface area (Å²) in [6.07, 6.45) is 0. The number of benzene rings is 2. The smallest absolute Gasteiger partial charge is 0.145 e. The summed E-state index contributed by atoms with van der Waals surface area (Å²) in [5.74, 6) is 1.12. The van der Waals surface area contributed by atoms with Crippen LogP contribution in [-0.4, -0.2) is 12.2 Å². The Kier molecular flexibility index (Phi) is 4.72. The van der Waals surface area contributed by atoms with Crippen LogP contribution in [0.2, 0.25) is 0 Å². The zero-order valence-corrected chi connectivity index (χ0v) is 11.2. The summed E-state index contributed by atoms with van der Waals surface area (Å²) < 4.78 is 10.8. The number of aliphatic hydroxyl groups excluding tert-OH is 1. The maximum atomic E-state index is 9.12. The van der Waals surface area contributed by atoms with Crippen LogP contribution in [0.25, 0.3) is 0 Å². The van der Waals surface area contributed by atoms with Crippen LogP contribution in [0.1, 0.15) is 16.7 Å². The minimum absolute atomic E-state index is 0.0989. The Labute approximate surface area is 117 Å². The van der Waals surface area contributed by atoms with E-state index in [2.05, 4.69) is 6.07 Å². The van der Waals surface area contributed by atoms with Gasteiger partial charge in [0, 0.05) is 7.11 Å². The van der Waals surface area contributed by atoms with E-state index in [1.54, 1.807) is 25.3 Å². The van der Waals surface area contributed by atoms with Gasteiger partial charge in [-0.1, -0.05) is 18.2 Å². The van der Waals surface area contributed by atoms with Crippen LogP contribution in [-0.2, 0) is 18.0 Å². The number of rotatable bonds is 5. The quantitative estimate of drug-likeness (QED) is 0.906. The molecule has 4 nitrogen and oxygen atoms in total. The molecule has 2 aromatic rings. The highest BCUT2D eigenvalue weighted by molar-refractivity contribution is 5.47. The van der Waals surface area contributed by atoms with Crippen LogP contribution >= 0.6 is 0 Å². The van der Waals surface area contributed by atoms with Crippen molar-refractivity contribution in [2.24, 2.45) is 0 Å². The number of ether oxygens (including phenoxy) is 2. The third-order valence-corrected chi connectivity index (χ3v) is 2.78. The normalized spacial score (nSPS) is 10.1. The molecule has 0 unspecified atom stereocenters. The highest BCUT2D eigenvalue weighted by atomic mass is 16.5. The molecule has 0 saturated carbocycles. The number of aliphatic hydroxyl groups is 1. The molecule has 2 aromatic carbocycles. The lowest BCUT2D eigenvalue weighted by atomic mass is 10.1. The maximum Gasteiger partial charge on any atom is 0.145 e. The Morgan fingerprint density at radius 2 is 2.00 bits per heavy atom. The molecule has 20 heavy (non-hydrogen) atoms. The van der Waals surface area contributed by atoms with Gasteiger partial charge in [0.1, 0.15) is 17.6 Å². The van der Waals surface area contributed by atoms with Gasteiger partial charge in [0.25, 0.3) is 0 Å². The highest BCUT2D eigenvalue weighted by Gasteiger charge is 2.06. The summed E-state index contributed by atoms with van der Waals surface area (Å²) in [6.45, 7) is 0.407. The van der Waals surface area contributed by atoms with Gasteiger partial charge in [0.05, 0.1) is 18.8 Å². The predicted octanol–water partition coefficient (Wildman–Crippen LogP) is 2.99. The standard InChI is InChI=1S/C16H15NO3/c1-19-11-13-3-2-4-15(8-13)20-16-6-5-12(10-18)7-14(16)9-17/h2-8,18H,10-11H2,1H3. The van der Waals surface area contributed by atoms with Crippen molar-refractivity contribution in [2.75, 3.05) is 7.11 Å². The predicted molar refractivity (Wildman–Crippen MR) is 74.3 cm³/mol. The largest absolute Gasteiger partial charge is 0.456 e. The molecule has 0 aliphatic heterocycles. The van der Waals surface area contributed by atoms with Gasteiger partial charge in [-0.2, -0.15) is 5.26 Å². The molecule has 0 aliphatic carbocycles. The Morgan fingerprint density at radius 1 is 1.15 bits per heavy atom. The summed E-state index contributed by atoms with van der Waals surface area (Å²) in [6, 6.07) is 14.6. The van der Waals surface area contributed by atoms with E-state index in [0.29, 0.717) is 29.2 Å². The molecule has 1 N–H and O–H groups in total. The molecule has 0 spiro atoms. The van der Waals surface area contributed by atoms with Crippen molar-refractivity contribution in [1.29, 1.82) is 5.26 Å². The lowest BCUT2D eigenvalue weighted by Crippen LogP contribution is -1.93. The number of methoxy groups -OCH3 is 1. The van der Waals surface area contributed by atoms with E-state index in [9.17, 15) is 0 Å². The topological polar surface area (TPSA) is 62.5 Å². The van der Waals surface area contributed by atoms with Crippen molar-refractivity contribution in [2.45, 2.75) is 13.2 Å². The molecule has 0 radical (unpaired) electrons. The number of nitrogens with zero attached hydrogens (tertiary/aromatic N) is 1. The van der Waals surface area contributed by atoms with E-state index >= 15 is 0 Å². The fourth-order valence-corrected chi connectivity index (χ4v) is 1.84. The first-order valence-corrected chi connectivity index (χ1v) is 6.16. The lowest BCUT2D eigenvalue weighted by molar-refractivity contribution is 0.184. The van der Waals surface area contributed by atoms with Crippen molar-refractivity contribution in [3.63, 3.8) is 0 Å². The molecular weight excluding hydrogens is 254 g/mol. The van der Waals surface area contributed by atoms with Crippen LogP contribution in [0.4, 0.5) is 0 Å². The Hall–Kier alpha value is -2.35. The van der Waals surface area contributed by atoms with Crippen LogP contribution in [0.15, 0.2) is 42.5 Å². The molecule has 4 heteroatoms. The molecule has 0 aromatic heterocycles. The fourth-order valence-electron chi connectivity index (χ4n) is 1.84. The van der Waals surface area contributed by atoms with Crippen LogP contribution < -0.4 is 4.74 Å². The van der Waals surface area contributed by atoms with E-state index in [-0.39, 0.29) is 6.61 Å². The molecule has 0 fully saturated rings. The van der Waals surface area contributed by atoms with Crippen molar-refractivity contribution < 1.29 is 14.6 Å². The third-order valence-electron chi connectivity index (χ3n) is 2.78. The average Bonchev–Trinajstić information content (AvgIpc) is 2.48. The Morgan fingerprint density at radius 3 is 2.70 bits per heavy atom. The Balaban J connectivity index is 2.25. The molecule has 0 heterocycles. The lowest BCUT2D eigenvalue weighted by Gasteiger charge is -2.09. The van der Waals surface area contributed by atoms with Crippen LogP contribution in [0.3, 0.4) is 0 Å². The first-order valence-electron chi connectivity index (χ1n) is 6.16. The maximum absolute atomic E-state index is 9.12. The second kappa shape index (κ2) is 6.71. The van der Waals surface area contributed by atoms with E-state index in [0.717, 1.165) is 5.56 Å². The SMILES string of the molecule is COCc1cccc(Oc2ccc(CO)cc2C#N)c1. The first-order chi connectivity index (χ1) is 9.76. The second-order valence-corrected chi connectivity index (χ2v) is 4.28. The third kappa shape index (κ3) is 3.35. The fraction of sp³-hybridized carbons (Fsp3) is 0.188. The highest BCUT2D eigenvalue weighted by Crippen LogP contribution is 2.26. The van der Waals surface area contributed by atoms with Gasteiger partial charge in [-0.05, 0) is 35.4 Å². The average molecular weight is 269 g/mol. The molecule has 0 amide bonds. The van der Waals surface area contributed by atoms with E-state index in [4.69, 9.17) is 19.8 Å². The van der Waals surface area contributed by atoms with E-state index in [1.165, 1.54) is 0 Å². The molecule has 2 rings (SSSR count). The van der Waals surface area contributed by atoms with Gasteiger partial charge in [0.2, 0.25) is 0 Å². The summed E-state index contributed by atoms with van der Waals surface area (Å²) >= 11 is 0. The first kappa shape index (κ1) is 14.1. The minimum atomic E-state index is -0.0989. The molecule has 0 aliphatic rings. The van der Waals surface area contributed by atoms with Crippen molar-refractivity contribution >= 4 is 0 Å². The van der Waals surface area contributed by atoms with Gasteiger partial charge < -0.3 is 14.6 Å². The van der Waals surface area contributed by atoms with Gasteiger partial charge >= 0.3 is 0 Å². The van der Waals surface area contributed by atoms with Crippen molar-refractivity contribution in [3.8, 4) is 17.6 Å². The number of hydrogen-bond donors (Lipinski definition) is 1. The number of hydrogen-bond acceptors (Lipinski definition) is 4. The van der Waals surface area contributed by atoms with Crippen molar-refractivity contribution in [3.05, 3.63) is 59.2 Å². The summed E-state index contributed by atoms with van der Waals surface area (Å²) in [5.41, 5.74) is 2.08. The van der Waals surface area contributed by atoms with Gasteiger partial charge in [0.15, 0.2) is 0 Å². The van der Waals surface area contributed by atoms with Gasteiger partial charge in [-0.15, -0.1) is 0 Å². The van der Waals surface area contributed by atoms with E-state index < -0.39 is 0 Å².